The van der Waals surface area contributed by atoms with Gasteiger partial charge in [-0.2, -0.15) is 0 Å². The Hall–Kier alpha value is -2.12. The van der Waals surface area contributed by atoms with Gasteiger partial charge in [0.15, 0.2) is 11.0 Å². The van der Waals surface area contributed by atoms with Gasteiger partial charge < -0.3 is 5.73 Å². The van der Waals surface area contributed by atoms with Crippen molar-refractivity contribution in [2.24, 2.45) is 5.73 Å². The monoisotopic (exact) mass is 375 g/mol. The molecule has 0 aliphatic rings. The average Bonchev–Trinajstić information content (AvgIpc) is 2.58. The van der Waals surface area contributed by atoms with Crippen LogP contribution < -0.4 is 5.73 Å². The summed E-state index contributed by atoms with van der Waals surface area (Å²) in [6, 6.07) is 11.2. The number of amidine groups is 1. The molecule has 0 aliphatic carbocycles. The molecule has 0 amide bonds. The lowest BCUT2D eigenvalue weighted by atomic mass is 9.96. The van der Waals surface area contributed by atoms with Crippen LogP contribution in [0.4, 0.5) is 4.39 Å². The van der Waals surface area contributed by atoms with Crippen LogP contribution in [0.2, 0.25) is 0 Å². The van der Waals surface area contributed by atoms with Crippen molar-refractivity contribution in [2.75, 3.05) is 0 Å². The highest BCUT2D eigenvalue weighted by atomic mass is 32.2. The number of ketones is 1. The number of benzene rings is 2. The predicted octanol–water partition coefficient (Wildman–Crippen LogP) is 4.41. The van der Waals surface area contributed by atoms with Crippen molar-refractivity contribution in [1.82, 2.24) is 0 Å². The Labute approximate surface area is 154 Å². The molecule has 130 valence electrons. The van der Waals surface area contributed by atoms with Crippen LogP contribution in [-0.2, 0) is 11.5 Å². The highest BCUT2D eigenvalue weighted by Gasteiger charge is 2.18. The van der Waals surface area contributed by atoms with E-state index in [0.29, 0.717) is 33.2 Å². The highest BCUT2D eigenvalue weighted by Crippen LogP contribution is 2.24. The number of hydrogen-bond acceptors (Lipinski definition) is 5. The first-order chi connectivity index (χ1) is 11.9. The molecule has 0 heterocycles. The summed E-state index contributed by atoms with van der Waals surface area (Å²) in [6.45, 7) is 1.67. The summed E-state index contributed by atoms with van der Waals surface area (Å²) < 4.78 is 13.7. The van der Waals surface area contributed by atoms with Gasteiger partial charge in [0, 0.05) is 22.6 Å². The van der Waals surface area contributed by atoms with Gasteiger partial charge in [0.2, 0.25) is 0 Å². The van der Waals surface area contributed by atoms with Crippen LogP contribution in [0.1, 0.15) is 34.0 Å². The van der Waals surface area contributed by atoms with E-state index in [1.807, 2.05) is 6.07 Å². The van der Waals surface area contributed by atoms with E-state index in [9.17, 15) is 9.18 Å². The number of halogens is 1. The molecule has 0 bridgehead atoms. The molecule has 4 nitrogen and oxygen atoms in total. The second-order valence-corrected chi connectivity index (χ2v) is 7.49. The Morgan fingerprint density at radius 1 is 1.04 bits per heavy atom. The maximum Gasteiger partial charge on any atom is 0.193 e. The number of hydrogen-bond donors (Lipinski definition) is 3. The molecule has 0 unspecified atom stereocenters. The van der Waals surface area contributed by atoms with E-state index in [1.165, 1.54) is 23.9 Å². The largest absolute Gasteiger partial charge is 0.379 e. The zero-order valence-corrected chi connectivity index (χ0v) is 15.3. The summed E-state index contributed by atoms with van der Waals surface area (Å²) >= 11 is 2.43. The smallest absolute Gasteiger partial charge is 0.193 e. The van der Waals surface area contributed by atoms with E-state index < -0.39 is 5.82 Å². The molecule has 4 N–H and O–H groups in total. The maximum atomic E-state index is 13.7. The van der Waals surface area contributed by atoms with Crippen LogP contribution in [0.25, 0.3) is 0 Å². The lowest BCUT2D eigenvalue weighted by Gasteiger charge is -2.12. The fraction of sp³-hybridized carbons (Fsp3) is 0.167. The fourth-order valence-electron chi connectivity index (χ4n) is 2.24. The zero-order chi connectivity index (χ0) is 18.4. The van der Waals surface area contributed by atoms with Gasteiger partial charge >= 0.3 is 0 Å². The average molecular weight is 375 g/mol. The summed E-state index contributed by atoms with van der Waals surface area (Å²) in [7, 11) is 0. The van der Waals surface area contributed by atoms with Crippen molar-refractivity contribution in [1.29, 1.82) is 10.8 Å². The minimum absolute atomic E-state index is 0.0217. The Morgan fingerprint density at radius 2 is 1.68 bits per heavy atom. The molecule has 0 radical (unpaired) electrons. The molecule has 2 aromatic carbocycles. The van der Waals surface area contributed by atoms with Crippen molar-refractivity contribution >= 4 is 39.5 Å². The van der Waals surface area contributed by atoms with Crippen LogP contribution in [-0.4, -0.2) is 16.0 Å². The zero-order valence-electron chi connectivity index (χ0n) is 13.6. The van der Waals surface area contributed by atoms with Crippen molar-refractivity contribution in [3.8, 4) is 0 Å². The van der Waals surface area contributed by atoms with Gasteiger partial charge in [0.05, 0.1) is 5.04 Å². The van der Waals surface area contributed by atoms with Gasteiger partial charge in [-0.3, -0.25) is 15.6 Å². The molecule has 0 saturated heterocycles. The normalized spacial score (nSPS) is 10.5. The summed E-state index contributed by atoms with van der Waals surface area (Å²) in [5.41, 5.74) is 7.59. The molecule has 7 heteroatoms. The number of thioether (sulfide) groups is 2. The first kappa shape index (κ1) is 19.2. The first-order valence-electron chi connectivity index (χ1n) is 7.44. The van der Waals surface area contributed by atoms with Crippen molar-refractivity contribution < 1.29 is 9.18 Å². The molecule has 2 aromatic rings. The number of nitrogens with one attached hydrogen (secondary N) is 2. The van der Waals surface area contributed by atoms with Crippen molar-refractivity contribution in [3.05, 3.63) is 70.5 Å². The third kappa shape index (κ3) is 5.44. The van der Waals surface area contributed by atoms with E-state index in [2.05, 4.69) is 0 Å². The van der Waals surface area contributed by atoms with Crippen molar-refractivity contribution in [3.63, 3.8) is 0 Å². The number of rotatable bonds is 6. The molecule has 0 atom stereocenters. The molecule has 0 spiro atoms. The van der Waals surface area contributed by atoms with Crippen LogP contribution in [0.15, 0.2) is 42.5 Å². The van der Waals surface area contributed by atoms with E-state index in [4.69, 9.17) is 16.6 Å². The lowest BCUT2D eigenvalue weighted by molar-refractivity contribution is 0.103. The third-order valence-corrected chi connectivity index (χ3v) is 5.06. The molecule has 0 aliphatic heterocycles. The molecule has 0 aromatic heterocycles. The minimum atomic E-state index is -0.473. The number of carbonyl (C=O) groups is 1. The Morgan fingerprint density at radius 3 is 2.36 bits per heavy atom. The number of nitrogens with two attached hydrogens (primary N) is 1. The summed E-state index contributed by atoms with van der Waals surface area (Å²) in [6.07, 6.45) is 0. The minimum Gasteiger partial charge on any atom is -0.379 e. The van der Waals surface area contributed by atoms with Gasteiger partial charge in [-0.15, -0.1) is 11.8 Å². The van der Waals surface area contributed by atoms with E-state index in [-0.39, 0.29) is 11.0 Å². The molecule has 0 fully saturated rings. The van der Waals surface area contributed by atoms with E-state index in [1.54, 1.807) is 31.2 Å². The van der Waals surface area contributed by atoms with Crippen LogP contribution in [0.3, 0.4) is 0 Å². The second-order valence-electron chi connectivity index (χ2n) is 5.29. The SMILES string of the molecule is CC(=N)SCc1ccc(F)cc1C(=O)c1ccccc1CSC(=N)N. The highest BCUT2D eigenvalue weighted by molar-refractivity contribution is 8.13. The van der Waals surface area contributed by atoms with Gasteiger partial charge in [0.1, 0.15) is 5.82 Å². The summed E-state index contributed by atoms with van der Waals surface area (Å²) in [4.78, 5) is 13.0. The van der Waals surface area contributed by atoms with Gasteiger partial charge in [-0.1, -0.05) is 42.1 Å². The molecule has 0 saturated carbocycles. The summed E-state index contributed by atoms with van der Waals surface area (Å²) in [5.74, 6) is 0.0915. The van der Waals surface area contributed by atoms with Crippen molar-refractivity contribution in [2.45, 2.75) is 18.4 Å². The Balaban J connectivity index is 2.39. The topological polar surface area (TPSA) is 90.8 Å². The van der Waals surface area contributed by atoms with Crippen LogP contribution >= 0.6 is 23.5 Å². The van der Waals surface area contributed by atoms with Crippen LogP contribution in [0, 0.1) is 16.6 Å². The first-order valence-corrected chi connectivity index (χ1v) is 9.41. The van der Waals surface area contributed by atoms with E-state index in [0.717, 1.165) is 17.3 Å². The van der Waals surface area contributed by atoms with Gasteiger partial charge in [-0.25, -0.2) is 4.39 Å². The molecular weight excluding hydrogens is 357 g/mol. The number of carbonyl (C=O) groups excluding carboxylic acids is 1. The standard InChI is InChI=1S/C18H18FN3OS2/c1-11(20)24-9-13-6-7-14(19)8-16(13)17(23)15-5-3-2-4-12(15)10-25-18(21)22/h2-8,20H,9-10H2,1H3,(H3,21,22). The quantitative estimate of drug-likeness (QED) is 0.396. The second kappa shape index (κ2) is 8.82. The Kier molecular flexibility index (Phi) is 6.78. The maximum absolute atomic E-state index is 13.7. The van der Waals surface area contributed by atoms with Gasteiger partial charge in [-0.05, 0) is 30.2 Å². The van der Waals surface area contributed by atoms with E-state index >= 15 is 0 Å². The fourth-order valence-corrected chi connectivity index (χ4v) is 3.43. The molecular formula is C18H18FN3OS2. The van der Waals surface area contributed by atoms with Crippen LogP contribution in [0.5, 0.6) is 0 Å². The predicted molar refractivity (Wildman–Crippen MR) is 104 cm³/mol. The third-order valence-electron chi connectivity index (χ3n) is 3.41. The van der Waals surface area contributed by atoms with Gasteiger partial charge in [0.25, 0.3) is 0 Å². The Bertz CT molecular complexity index is 824. The molecule has 25 heavy (non-hydrogen) atoms. The lowest BCUT2D eigenvalue weighted by Crippen LogP contribution is -2.10. The summed E-state index contributed by atoms with van der Waals surface area (Å²) in [5, 5.41) is 15.3. The molecule has 2 rings (SSSR count).